The Bertz CT molecular complexity index is 1270. The molecule has 4 aromatic rings. The molecule has 0 unspecified atom stereocenters. The monoisotopic (exact) mass is 457 g/mol. The minimum atomic E-state index is -5.20. The van der Waals surface area contributed by atoms with Gasteiger partial charge in [-0.3, -0.25) is 9.78 Å². The summed E-state index contributed by atoms with van der Waals surface area (Å²) in [6.45, 7) is 0. The zero-order chi connectivity index (χ0) is 22.7. The van der Waals surface area contributed by atoms with Gasteiger partial charge in [-0.25, -0.2) is 9.78 Å². The fourth-order valence-electron chi connectivity index (χ4n) is 2.94. The van der Waals surface area contributed by atoms with E-state index in [4.69, 9.17) is 0 Å². The third kappa shape index (κ3) is 4.92. The fraction of sp³-hybridized carbons (Fsp3) is 0.0909. The molecular weight excluding hydrogens is 443 g/mol. The second kappa shape index (κ2) is 8.75. The van der Waals surface area contributed by atoms with Crippen LogP contribution in [-0.4, -0.2) is 28.0 Å². The number of fused-ring (bicyclic) bond motifs is 1. The van der Waals surface area contributed by atoms with Crippen LogP contribution in [0, 0.1) is 0 Å². The number of hydrogen-bond acceptors (Lipinski definition) is 6. The number of pyridine rings is 1. The molecule has 0 saturated carbocycles. The molecule has 0 saturated heterocycles. The Morgan fingerprint density at radius 2 is 1.66 bits per heavy atom. The van der Waals surface area contributed by atoms with Gasteiger partial charge in [0.05, 0.1) is 15.2 Å². The highest BCUT2D eigenvalue weighted by molar-refractivity contribution is 7.18. The lowest BCUT2D eigenvalue weighted by molar-refractivity contribution is -0.204. The van der Waals surface area contributed by atoms with Crippen molar-refractivity contribution in [2.24, 2.45) is 0 Å². The molecule has 0 atom stereocenters. The van der Waals surface area contributed by atoms with Gasteiger partial charge in [-0.05, 0) is 47.0 Å². The topological polar surface area (TPSA) is 81.2 Å². The van der Waals surface area contributed by atoms with Crippen molar-refractivity contribution in [3.8, 4) is 11.1 Å². The summed E-state index contributed by atoms with van der Waals surface area (Å²) in [7, 11) is 0. The average Bonchev–Trinajstić information content (AvgIpc) is 3.19. The average molecular weight is 457 g/mol. The highest BCUT2D eigenvalue weighted by atomic mass is 32.1. The number of aromatic nitrogens is 2. The van der Waals surface area contributed by atoms with E-state index < -0.39 is 18.1 Å². The second-order valence-electron chi connectivity index (χ2n) is 6.72. The number of carbonyl (C=O) groups excluding carboxylic acids is 2. The molecule has 6 nitrogen and oxygen atoms in total. The molecule has 0 spiro atoms. The van der Waals surface area contributed by atoms with E-state index in [1.807, 2.05) is 36.4 Å². The van der Waals surface area contributed by atoms with E-state index >= 15 is 0 Å². The van der Waals surface area contributed by atoms with Gasteiger partial charge in [-0.2, -0.15) is 18.7 Å². The molecule has 10 heteroatoms. The van der Waals surface area contributed by atoms with Crippen LogP contribution >= 0.6 is 11.3 Å². The van der Waals surface area contributed by atoms with Crippen LogP contribution in [0.25, 0.3) is 21.3 Å². The van der Waals surface area contributed by atoms with Crippen LogP contribution in [0.3, 0.4) is 0 Å². The fourth-order valence-corrected chi connectivity index (χ4v) is 3.92. The van der Waals surface area contributed by atoms with Gasteiger partial charge in [0.25, 0.3) is 5.91 Å². The standard InChI is InChI=1S/C22H14F3N3O3S/c23-22(24,25)21(30)31-28-20(29)16-5-6-18-17(12-16)27-19(32-18)11-13-1-3-14(4-2-13)15-7-9-26-10-8-15/h1-10,12H,11H2,(H,28,29). The molecule has 0 aliphatic carbocycles. The van der Waals surface area contributed by atoms with Crippen LogP contribution < -0.4 is 5.48 Å². The molecule has 2 aromatic carbocycles. The normalized spacial score (nSPS) is 11.3. The Kier molecular flexibility index (Phi) is 5.87. The smallest absolute Gasteiger partial charge is 0.332 e. The highest BCUT2D eigenvalue weighted by Crippen LogP contribution is 2.26. The number of rotatable bonds is 4. The molecule has 0 bridgehead atoms. The highest BCUT2D eigenvalue weighted by Gasteiger charge is 2.42. The van der Waals surface area contributed by atoms with E-state index in [1.165, 1.54) is 28.9 Å². The number of thiazole rings is 1. The maximum Gasteiger partial charge on any atom is 0.493 e. The first-order valence-electron chi connectivity index (χ1n) is 9.27. The zero-order valence-electron chi connectivity index (χ0n) is 16.2. The maximum absolute atomic E-state index is 12.2. The lowest BCUT2D eigenvalue weighted by Crippen LogP contribution is -2.34. The van der Waals surface area contributed by atoms with Crippen molar-refractivity contribution in [2.45, 2.75) is 12.6 Å². The van der Waals surface area contributed by atoms with Crippen molar-refractivity contribution in [3.63, 3.8) is 0 Å². The van der Waals surface area contributed by atoms with Gasteiger partial charge < -0.3 is 4.84 Å². The van der Waals surface area contributed by atoms with E-state index in [9.17, 15) is 22.8 Å². The van der Waals surface area contributed by atoms with Crippen molar-refractivity contribution in [2.75, 3.05) is 0 Å². The number of nitrogens with one attached hydrogen (secondary N) is 1. The predicted molar refractivity (Wildman–Crippen MR) is 112 cm³/mol. The van der Waals surface area contributed by atoms with Gasteiger partial charge >= 0.3 is 12.1 Å². The van der Waals surface area contributed by atoms with Crippen LogP contribution in [0.5, 0.6) is 0 Å². The zero-order valence-corrected chi connectivity index (χ0v) is 17.0. The third-order valence-electron chi connectivity index (χ3n) is 4.48. The first-order chi connectivity index (χ1) is 15.3. The number of carbonyl (C=O) groups is 2. The van der Waals surface area contributed by atoms with Crippen molar-refractivity contribution in [3.05, 3.63) is 83.1 Å². The van der Waals surface area contributed by atoms with Gasteiger partial charge in [0.1, 0.15) is 0 Å². The molecule has 0 radical (unpaired) electrons. The Morgan fingerprint density at radius 3 is 2.34 bits per heavy atom. The van der Waals surface area contributed by atoms with E-state index in [0.717, 1.165) is 26.4 Å². The van der Waals surface area contributed by atoms with Gasteiger partial charge in [0.2, 0.25) is 0 Å². The lowest BCUT2D eigenvalue weighted by atomic mass is 10.0. The SMILES string of the molecule is O=C(NOC(=O)C(F)(F)F)c1ccc2sc(Cc3ccc(-c4ccncc4)cc3)nc2c1. The van der Waals surface area contributed by atoms with E-state index in [1.54, 1.807) is 18.5 Å². The molecule has 1 N–H and O–H groups in total. The largest absolute Gasteiger partial charge is 0.493 e. The van der Waals surface area contributed by atoms with Crippen molar-refractivity contribution >= 4 is 33.4 Å². The van der Waals surface area contributed by atoms with Gasteiger partial charge in [0.15, 0.2) is 0 Å². The molecule has 32 heavy (non-hydrogen) atoms. The Hall–Kier alpha value is -3.79. The summed E-state index contributed by atoms with van der Waals surface area (Å²) in [5, 5.41) is 0.817. The summed E-state index contributed by atoms with van der Waals surface area (Å²) in [6.07, 6.45) is -1.14. The Labute approximate surface area is 183 Å². The first-order valence-corrected chi connectivity index (χ1v) is 10.1. The molecule has 4 rings (SSSR count). The summed E-state index contributed by atoms with van der Waals surface area (Å²) in [4.78, 5) is 35.0. The van der Waals surface area contributed by atoms with Crippen molar-refractivity contribution < 1.29 is 27.6 Å². The number of hydrogen-bond donors (Lipinski definition) is 1. The van der Waals surface area contributed by atoms with Crippen molar-refractivity contribution in [1.29, 1.82) is 0 Å². The summed E-state index contributed by atoms with van der Waals surface area (Å²) < 4.78 is 37.3. The molecule has 2 aromatic heterocycles. The van der Waals surface area contributed by atoms with Crippen LogP contribution in [0.2, 0.25) is 0 Å². The molecular formula is C22H14F3N3O3S. The Balaban J connectivity index is 1.45. The second-order valence-corrected chi connectivity index (χ2v) is 7.83. The van der Waals surface area contributed by atoms with Crippen LogP contribution in [-0.2, 0) is 16.1 Å². The van der Waals surface area contributed by atoms with E-state index in [2.05, 4.69) is 14.8 Å². The van der Waals surface area contributed by atoms with Gasteiger partial charge in [-0.15, -0.1) is 11.3 Å². The number of halogens is 3. The number of alkyl halides is 3. The van der Waals surface area contributed by atoms with Gasteiger partial charge in [-0.1, -0.05) is 24.3 Å². The lowest BCUT2D eigenvalue weighted by Gasteiger charge is -2.07. The number of amides is 1. The quantitative estimate of drug-likeness (QED) is 0.450. The first kappa shape index (κ1) is 21.4. The van der Waals surface area contributed by atoms with Crippen LogP contribution in [0.4, 0.5) is 13.2 Å². The third-order valence-corrected chi connectivity index (χ3v) is 5.52. The van der Waals surface area contributed by atoms with E-state index in [0.29, 0.717) is 11.9 Å². The van der Waals surface area contributed by atoms with Gasteiger partial charge in [0, 0.05) is 24.4 Å². The molecule has 0 aliphatic heterocycles. The summed E-state index contributed by atoms with van der Waals surface area (Å²) in [5.74, 6) is -3.48. The molecule has 2 heterocycles. The molecule has 0 aliphatic rings. The van der Waals surface area contributed by atoms with Crippen LogP contribution in [0.15, 0.2) is 67.0 Å². The summed E-state index contributed by atoms with van der Waals surface area (Å²) in [6, 6.07) is 16.4. The number of nitrogens with zero attached hydrogens (tertiary/aromatic N) is 2. The van der Waals surface area contributed by atoms with Crippen LogP contribution in [0.1, 0.15) is 20.9 Å². The van der Waals surface area contributed by atoms with Crippen molar-refractivity contribution in [1.82, 2.24) is 15.4 Å². The number of hydroxylamine groups is 1. The molecule has 0 fully saturated rings. The summed E-state index contributed by atoms with van der Waals surface area (Å²) >= 11 is 1.45. The Morgan fingerprint density at radius 1 is 0.969 bits per heavy atom. The maximum atomic E-state index is 12.2. The van der Waals surface area contributed by atoms with E-state index in [-0.39, 0.29) is 5.56 Å². The number of benzene rings is 2. The predicted octanol–water partition coefficient (Wildman–Crippen LogP) is 4.70. The minimum absolute atomic E-state index is 0.0195. The molecule has 1 amide bonds. The summed E-state index contributed by atoms with van der Waals surface area (Å²) in [5.41, 5.74) is 5.23. The minimum Gasteiger partial charge on any atom is -0.332 e. The molecule has 162 valence electrons.